The second-order valence-corrected chi connectivity index (χ2v) is 6.31. The molecule has 0 aliphatic carbocycles. The van der Waals surface area contributed by atoms with E-state index in [-0.39, 0.29) is 5.82 Å². The number of rotatable bonds is 4. The Hall–Kier alpha value is -0.680. The largest absolute Gasteiger partial charge is 0.381 e. The van der Waals surface area contributed by atoms with Gasteiger partial charge in [0.1, 0.15) is 5.82 Å². The van der Waals surface area contributed by atoms with Gasteiger partial charge < -0.3 is 10.1 Å². The number of hydrogen-bond acceptors (Lipinski definition) is 3. The van der Waals surface area contributed by atoms with Crippen LogP contribution < -0.4 is 5.32 Å². The lowest BCUT2D eigenvalue weighted by Gasteiger charge is -2.38. The maximum atomic E-state index is 13.5. The molecule has 0 radical (unpaired) electrons. The molecule has 2 aliphatic rings. The van der Waals surface area contributed by atoms with Crippen LogP contribution in [0, 0.1) is 5.82 Å². The van der Waals surface area contributed by atoms with Crippen LogP contribution >= 0.6 is 11.6 Å². The molecular weight excluding hydrogens is 291 g/mol. The van der Waals surface area contributed by atoms with Crippen LogP contribution in [-0.2, 0) is 11.3 Å². The van der Waals surface area contributed by atoms with Crippen LogP contribution in [-0.4, -0.2) is 43.3 Å². The van der Waals surface area contributed by atoms with Gasteiger partial charge in [-0.25, -0.2) is 4.39 Å². The van der Waals surface area contributed by atoms with E-state index in [4.69, 9.17) is 16.3 Å². The van der Waals surface area contributed by atoms with Crippen molar-refractivity contribution >= 4 is 11.6 Å². The Balaban J connectivity index is 1.78. The van der Waals surface area contributed by atoms with Gasteiger partial charge in [-0.1, -0.05) is 11.6 Å². The molecule has 0 saturated carbocycles. The highest BCUT2D eigenvalue weighted by Crippen LogP contribution is 2.26. The fourth-order valence-electron chi connectivity index (χ4n) is 3.36. The summed E-state index contributed by atoms with van der Waals surface area (Å²) in [7, 11) is 0. The van der Waals surface area contributed by atoms with Crippen LogP contribution in [0.2, 0.25) is 5.02 Å². The van der Waals surface area contributed by atoms with Crippen LogP contribution in [0.15, 0.2) is 18.2 Å². The average Bonchev–Trinajstić information content (AvgIpc) is 3.03. The molecule has 3 rings (SSSR count). The van der Waals surface area contributed by atoms with Crippen molar-refractivity contribution in [3.63, 3.8) is 0 Å². The summed E-state index contributed by atoms with van der Waals surface area (Å²) < 4.78 is 19.0. The highest BCUT2D eigenvalue weighted by atomic mass is 35.5. The van der Waals surface area contributed by atoms with Crippen molar-refractivity contribution in [3.05, 3.63) is 34.6 Å². The van der Waals surface area contributed by atoms with Crippen LogP contribution in [0.3, 0.4) is 0 Å². The second kappa shape index (κ2) is 7.05. The summed E-state index contributed by atoms with van der Waals surface area (Å²) in [5, 5.41) is 4.08. The van der Waals surface area contributed by atoms with Crippen LogP contribution in [0.1, 0.15) is 24.8 Å². The van der Waals surface area contributed by atoms with Gasteiger partial charge in [-0.2, -0.15) is 0 Å². The Kier molecular flexibility index (Phi) is 5.11. The normalized spacial score (nSPS) is 23.9. The Morgan fingerprint density at radius 2 is 2.05 bits per heavy atom. The Morgan fingerprint density at radius 1 is 1.24 bits per heavy atom. The quantitative estimate of drug-likeness (QED) is 0.925. The van der Waals surface area contributed by atoms with E-state index in [1.165, 1.54) is 6.07 Å². The molecule has 0 unspecified atom stereocenters. The third kappa shape index (κ3) is 3.75. The number of nitrogens with one attached hydrogen (secondary N) is 1. The van der Waals surface area contributed by atoms with Gasteiger partial charge in [0.05, 0.1) is 0 Å². The molecule has 2 aliphatic heterocycles. The van der Waals surface area contributed by atoms with Gasteiger partial charge >= 0.3 is 0 Å². The number of nitrogens with zero attached hydrogens (tertiary/aromatic N) is 1. The van der Waals surface area contributed by atoms with Gasteiger partial charge in [0.2, 0.25) is 0 Å². The first-order chi connectivity index (χ1) is 10.2. The summed E-state index contributed by atoms with van der Waals surface area (Å²) >= 11 is 6.25. The molecule has 116 valence electrons. The Labute approximate surface area is 130 Å². The Morgan fingerprint density at radius 3 is 2.76 bits per heavy atom. The minimum atomic E-state index is -0.217. The SMILES string of the molecule is Fc1ccc(Cl)c(CN(C2CCOCC2)[C@H]2CCNC2)c1. The molecule has 21 heavy (non-hydrogen) atoms. The number of ether oxygens (including phenoxy) is 1. The maximum absolute atomic E-state index is 13.5. The minimum absolute atomic E-state index is 0.217. The average molecular weight is 313 g/mol. The van der Waals surface area contributed by atoms with Crippen LogP contribution in [0.25, 0.3) is 0 Å². The zero-order chi connectivity index (χ0) is 14.7. The van der Waals surface area contributed by atoms with E-state index >= 15 is 0 Å². The Bertz CT molecular complexity index is 473. The van der Waals surface area contributed by atoms with Gasteiger partial charge in [-0.05, 0) is 49.6 Å². The topological polar surface area (TPSA) is 24.5 Å². The monoisotopic (exact) mass is 312 g/mol. The highest BCUT2D eigenvalue weighted by molar-refractivity contribution is 6.31. The summed E-state index contributed by atoms with van der Waals surface area (Å²) in [4.78, 5) is 2.50. The van der Waals surface area contributed by atoms with Crippen molar-refractivity contribution in [2.75, 3.05) is 26.3 Å². The second-order valence-electron chi connectivity index (χ2n) is 5.90. The predicted octanol–water partition coefficient (Wildman–Crippen LogP) is 2.82. The molecule has 2 heterocycles. The molecule has 0 spiro atoms. The maximum Gasteiger partial charge on any atom is 0.123 e. The van der Waals surface area contributed by atoms with Crippen molar-refractivity contribution < 1.29 is 9.13 Å². The molecule has 5 heteroatoms. The molecular formula is C16H22ClFN2O. The lowest BCUT2D eigenvalue weighted by molar-refractivity contribution is 0.0159. The zero-order valence-corrected chi connectivity index (χ0v) is 12.9. The van der Waals surface area contributed by atoms with E-state index in [2.05, 4.69) is 10.2 Å². The van der Waals surface area contributed by atoms with E-state index in [9.17, 15) is 4.39 Å². The van der Waals surface area contributed by atoms with E-state index in [1.54, 1.807) is 12.1 Å². The molecule has 0 bridgehead atoms. The van der Waals surface area contributed by atoms with Crippen molar-refractivity contribution in [1.29, 1.82) is 0 Å². The summed E-state index contributed by atoms with van der Waals surface area (Å²) in [5.74, 6) is -0.217. The molecule has 2 fully saturated rings. The number of benzene rings is 1. The molecule has 1 N–H and O–H groups in total. The van der Waals surface area contributed by atoms with Crippen LogP contribution in [0.4, 0.5) is 4.39 Å². The van der Waals surface area contributed by atoms with E-state index in [0.717, 1.165) is 51.1 Å². The highest BCUT2D eigenvalue weighted by Gasteiger charge is 2.30. The molecule has 1 aromatic carbocycles. The first kappa shape index (κ1) is 15.2. The van der Waals surface area contributed by atoms with E-state index < -0.39 is 0 Å². The fraction of sp³-hybridized carbons (Fsp3) is 0.625. The lowest BCUT2D eigenvalue weighted by Crippen LogP contribution is -2.46. The summed E-state index contributed by atoms with van der Waals surface area (Å²) in [6.45, 7) is 4.41. The smallest absolute Gasteiger partial charge is 0.123 e. The van der Waals surface area contributed by atoms with Gasteiger partial charge in [-0.15, -0.1) is 0 Å². The van der Waals surface area contributed by atoms with Crippen molar-refractivity contribution in [2.45, 2.75) is 37.9 Å². The molecule has 3 nitrogen and oxygen atoms in total. The lowest BCUT2D eigenvalue weighted by atomic mass is 10.0. The fourth-order valence-corrected chi connectivity index (χ4v) is 3.53. The first-order valence-electron chi connectivity index (χ1n) is 7.72. The van der Waals surface area contributed by atoms with Crippen LogP contribution in [0.5, 0.6) is 0 Å². The summed E-state index contributed by atoms with van der Waals surface area (Å²) in [6.07, 6.45) is 3.23. The predicted molar refractivity (Wildman–Crippen MR) is 82.1 cm³/mol. The first-order valence-corrected chi connectivity index (χ1v) is 8.10. The molecule has 2 saturated heterocycles. The van der Waals surface area contributed by atoms with Crippen molar-refractivity contribution in [2.24, 2.45) is 0 Å². The summed E-state index contributed by atoms with van der Waals surface area (Å²) in [5.41, 5.74) is 0.884. The molecule has 0 aromatic heterocycles. The molecule has 1 atom stereocenters. The van der Waals surface area contributed by atoms with Gasteiger partial charge in [0.25, 0.3) is 0 Å². The van der Waals surface area contributed by atoms with Gasteiger partial charge in [0.15, 0.2) is 0 Å². The zero-order valence-electron chi connectivity index (χ0n) is 12.2. The molecule has 1 aromatic rings. The minimum Gasteiger partial charge on any atom is -0.381 e. The van der Waals surface area contributed by atoms with Crippen molar-refractivity contribution in [3.8, 4) is 0 Å². The standard InChI is InChI=1S/C16H22ClFN2O/c17-16-2-1-13(18)9-12(16)11-20(15-3-6-19-10-15)14-4-7-21-8-5-14/h1-2,9,14-15,19H,3-8,10-11H2/t15-/m0/s1. The third-order valence-electron chi connectivity index (χ3n) is 4.52. The number of hydrogen-bond donors (Lipinski definition) is 1. The van der Waals surface area contributed by atoms with Gasteiger partial charge in [-0.3, -0.25) is 4.90 Å². The van der Waals surface area contributed by atoms with E-state index in [1.807, 2.05) is 0 Å². The van der Waals surface area contributed by atoms with Gasteiger partial charge in [0, 0.05) is 43.4 Å². The number of halogens is 2. The third-order valence-corrected chi connectivity index (χ3v) is 4.89. The molecule has 0 amide bonds. The van der Waals surface area contributed by atoms with E-state index in [0.29, 0.717) is 23.7 Å². The summed E-state index contributed by atoms with van der Waals surface area (Å²) in [6, 6.07) is 5.65. The van der Waals surface area contributed by atoms with Crippen molar-refractivity contribution in [1.82, 2.24) is 10.2 Å².